The maximum absolute atomic E-state index is 11.8. The van der Waals surface area contributed by atoms with E-state index in [9.17, 15) is 4.79 Å². The van der Waals surface area contributed by atoms with Crippen molar-refractivity contribution in [1.29, 1.82) is 0 Å². The molecule has 3 nitrogen and oxygen atoms in total. The SMILES string of the molecule is C=C/C=C\c1c(C=C)n(C)c(=O)n1CC. The van der Waals surface area contributed by atoms with Crippen LogP contribution in [0.1, 0.15) is 18.3 Å². The second-order valence-corrected chi connectivity index (χ2v) is 3.16. The van der Waals surface area contributed by atoms with Gasteiger partial charge in [-0.3, -0.25) is 9.13 Å². The van der Waals surface area contributed by atoms with Crippen LogP contribution in [-0.2, 0) is 13.6 Å². The zero-order chi connectivity index (χ0) is 11.4. The van der Waals surface area contributed by atoms with Crippen molar-refractivity contribution in [3.8, 4) is 0 Å². The number of allylic oxidation sites excluding steroid dienone is 2. The zero-order valence-corrected chi connectivity index (χ0v) is 9.23. The predicted molar refractivity (Wildman–Crippen MR) is 64.7 cm³/mol. The van der Waals surface area contributed by atoms with E-state index in [1.807, 2.05) is 19.1 Å². The maximum atomic E-state index is 11.8. The molecule has 1 aromatic rings. The van der Waals surface area contributed by atoms with Gasteiger partial charge in [-0.15, -0.1) is 0 Å². The Hall–Kier alpha value is -1.77. The average Bonchev–Trinajstić information content (AvgIpc) is 2.48. The van der Waals surface area contributed by atoms with Crippen LogP contribution in [0.3, 0.4) is 0 Å². The van der Waals surface area contributed by atoms with E-state index in [1.54, 1.807) is 28.3 Å². The minimum atomic E-state index is -0.0175. The molecular weight excluding hydrogens is 188 g/mol. The monoisotopic (exact) mass is 204 g/mol. The first-order valence-electron chi connectivity index (χ1n) is 4.88. The zero-order valence-electron chi connectivity index (χ0n) is 9.23. The third-order valence-electron chi connectivity index (χ3n) is 2.33. The van der Waals surface area contributed by atoms with Gasteiger partial charge in [-0.05, 0) is 19.1 Å². The largest absolute Gasteiger partial charge is 0.328 e. The summed E-state index contributed by atoms with van der Waals surface area (Å²) in [6.45, 7) is 9.92. The number of hydrogen-bond donors (Lipinski definition) is 0. The molecule has 0 unspecified atom stereocenters. The van der Waals surface area contributed by atoms with Crippen LogP contribution in [0, 0.1) is 0 Å². The smallest absolute Gasteiger partial charge is 0.295 e. The Balaban J connectivity index is 3.51. The van der Waals surface area contributed by atoms with Crippen LogP contribution >= 0.6 is 0 Å². The van der Waals surface area contributed by atoms with Gasteiger partial charge in [-0.25, -0.2) is 4.79 Å². The van der Waals surface area contributed by atoms with Crippen molar-refractivity contribution >= 4 is 12.2 Å². The Kier molecular flexibility index (Phi) is 3.50. The molecule has 0 aliphatic carbocycles. The highest BCUT2D eigenvalue weighted by Crippen LogP contribution is 2.10. The normalized spacial score (nSPS) is 10.8. The Bertz CT molecular complexity index is 461. The Labute approximate surface area is 89.7 Å². The van der Waals surface area contributed by atoms with Crippen molar-refractivity contribution in [3.63, 3.8) is 0 Å². The summed E-state index contributed by atoms with van der Waals surface area (Å²) in [4.78, 5) is 11.8. The third-order valence-corrected chi connectivity index (χ3v) is 2.33. The molecule has 0 N–H and O–H groups in total. The molecule has 0 aliphatic rings. The summed E-state index contributed by atoms with van der Waals surface area (Å²) < 4.78 is 3.30. The highest BCUT2D eigenvalue weighted by molar-refractivity contribution is 5.60. The number of hydrogen-bond acceptors (Lipinski definition) is 1. The standard InChI is InChI=1S/C12H16N2O/c1-5-8-9-11-10(6-2)13(4)12(15)14(11)7-3/h5-6,8-9H,1-2,7H2,3-4H3/b9-8-. The van der Waals surface area contributed by atoms with E-state index in [0.29, 0.717) is 6.54 Å². The topological polar surface area (TPSA) is 26.9 Å². The Morgan fingerprint density at radius 1 is 1.33 bits per heavy atom. The first-order valence-corrected chi connectivity index (χ1v) is 4.88. The number of imidazole rings is 1. The fraction of sp³-hybridized carbons (Fsp3) is 0.250. The molecule has 15 heavy (non-hydrogen) atoms. The lowest BCUT2D eigenvalue weighted by Gasteiger charge is -1.99. The Morgan fingerprint density at radius 2 is 2.00 bits per heavy atom. The molecule has 0 spiro atoms. The van der Waals surface area contributed by atoms with E-state index in [4.69, 9.17) is 0 Å². The van der Waals surface area contributed by atoms with Crippen LogP contribution in [0.15, 0.2) is 30.1 Å². The van der Waals surface area contributed by atoms with Crippen LogP contribution in [0.25, 0.3) is 12.2 Å². The second kappa shape index (κ2) is 4.64. The highest BCUT2D eigenvalue weighted by Gasteiger charge is 2.11. The fourth-order valence-corrected chi connectivity index (χ4v) is 1.58. The van der Waals surface area contributed by atoms with Gasteiger partial charge in [0.15, 0.2) is 0 Å². The molecule has 0 amide bonds. The van der Waals surface area contributed by atoms with Gasteiger partial charge in [0.05, 0.1) is 11.4 Å². The fourth-order valence-electron chi connectivity index (χ4n) is 1.58. The van der Waals surface area contributed by atoms with Gasteiger partial charge in [-0.1, -0.05) is 25.3 Å². The molecule has 0 fully saturated rings. The molecule has 80 valence electrons. The molecule has 0 bridgehead atoms. The maximum Gasteiger partial charge on any atom is 0.328 e. The molecule has 0 radical (unpaired) electrons. The summed E-state index contributed by atoms with van der Waals surface area (Å²) in [6.07, 6.45) is 7.06. The highest BCUT2D eigenvalue weighted by atomic mass is 16.1. The van der Waals surface area contributed by atoms with Gasteiger partial charge in [0.25, 0.3) is 0 Å². The summed E-state index contributed by atoms with van der Waals surface area (Å²) in [5, 5.41) is 0. The molecule has 1 heterocycles. The molecule has 0 aromatic carbocycles. The van der Waals surface area contributed by atoms with E-state index in [1.165, 1.54) is 0 Å². The van der Waals surface area contributed by atoms with E-state index in [0.717, 1.165) is 11.4 Å². The molecular formula is C12H16N2O. The molecule has 0 atom stereocenters. The lowest BCUT2D eigenvalue weighted by atomic mass is 10.3. The quantitative estimate of drug-likeness (QED) is 0.689. The molecule has 0 saturated heterocycles. The lowest BCUT2D eigenvalue weighted by Crippen LogP contribution is -2.22. The van der Waals surface area contributed by atoms with Crippen molar-refractivity contribution < 1.29 is 0 Å². The van der Waals surface area contributed by atoms with Gasteiger partial charge >= 0.3 is 5.69 Å². The molecule has 3 heteroatoms. The number of aromatic nitrogens is 2. The van der Waals surface area contributed by atoms with Crippen LogP contribution < -0.4 is 5.69 Å². The van der Waals surface area contributed by atoms with Crippen molar-refractivity contribution in [2.45, 2.75) is 13.5 Å². The summed E-state index contributed by atoms with van der Waals surface area (Å²) in [5.41, 5.74) is 1.69. The van der Waals surface area contributed by atoms with E-state index in [2.05, 4.69) is 13.2 Å². The van der Waals surface area contributed by atoms with Crippen LogP contribution in [0.4, 0.5) is 0 Å². The van der Waals surface area contributed by atoms with Crippen molar-refractivity contribution in [2.24, 2.45) is 7.05 Å². The van der Waals surface area contributed by atoms with Gasteiger partial charge in [0, 0.05) is 13.6 Å². The van der Waals surface area contributed by atoms with E-state index < -0.39 is 0 Å². The van der Waals surface area contributed by atoms with Crippen molar-refractivity contribution in [3.05, 3.63) is 47.2 Å². The van der Waals surface area contributed by atoms with Crippen LogP contribution in [0.5, 0.6) is 0 Å². The molecule has 1 rings (SSSR count). The van der Waals surface area contributed by atoms with Crippen LogP contribution in [0.2, 0.25) is 0 Å². The summed E-state index contributed by atoms with van der Waals surface area (Å²) in [7, 11) is 1.75. The average molecular weight is 204 g/mol. The van der Waals surface area contributed by atoms with Crippen molar-refractivity contribution in [2.75, 3.05) is 0 Å². The van der Waals surface area contributed by atoms with E-state index >= 15 is 0 Å². The lowest BCUT2D eigenvalue weighted by molar-refractivity contribution is 0.690. The van der Waals surface area contributed by atoms with Gasteiger partial charge in [-0.2, -0.15) is 0 Å². The number of rotatable bonds is 4. The summed E-state index contributed by atoms with van der Waals surface area (Å²) in [6, 6.07) is 0. The summed E-state index contributed by atoms with van der Waals surface area (Å²) >= 11 is 0. The molecule has 0 aliphatic heterocycles. The molecule has 0 saturated carbocycles. The van der Waals surface area contributed by atoms with Crippen molar-refractivity contribution in [1.82, 2.24) is 9.13 Å². The Morgan fingerprint density at radius 3 is 2.47 bits per heavy atom. The minimum absolute atomic E-state index is 0.0175. The number of nitrogens with zero attached hydrogens (tertiary/aromatic N) is 2. The third kappa shape index (κ3) is 1.86. The predicted octanol–water partition coefficient (Wildman–Crippen LogP) is 2.05. The second-order valence-electron chi connectivity index (χ2n) is 3.16. The van der Waals surface area contributed by atoms with E-state index in [-0.39, 0.29) is 5.69 Å². The van der Waals surface area contributed by atoms with Gasteiger partial charge in [0.2, 0.25) is 0 Å². The van der Waals surface area contributed by atoms with Gasteiger partial charge < -0.3 is 0 Å². The first-order chi connectivity index (χ1) is 7.17. The van der Waals surface area contributed by atoms with Gasteiger partial charge in [0.1, 0.15) is 0 Å². The minimum Gasteiger partial charge on any atom is -0.295 e. The first kappa shape index (κ1) is 11.3. The summed E-state index contributed by atoms with van der Waals surface area (Å²) in [5.74, 6) is 0. The molecule has 1 aromatic heterocycles. The van der Waals surface area contributed by atoms with Crippen LogP contribution in [-0.4, -0.2) is 9.13 Å².